The Morgan fingerprint density at radius 3 is 2.00 bits per heavy atom. The first-order valence-electron chi connectivity index (χ1n) is 10.2. The zero-order chi connectivity index (χ0) is 20.8. The molecule has 3 aromatic carbocycles. The van der Waals surface area contributed by atoms with E-state index in [9.17, 15) is 0 Å². The van der Waals surface area contributed by atoms with Gasteiger partial charge in [-0.1, -0.05) is 86.4 Å². The fourth-order valence-electron chi connectivity index (χ4n) is 3.20. The molecule has 0 bridgehead atoms. The Morgan fingerprint density at radius 2 is 1.40 bits per heavy atom. The smallest absolute Gasteiger partial charge is 0.148 e. The second kappa shape index (κ2) is 9.24. The van der Waals surface area contributed by atoms with Gasteiger partial charge < -0.3 is 14.5 Å². The van der Waals surface area contributed by atoms with Crippen LogP contribution >= 0.6 is 0 Å². The number of ether oxygens (including phenoxy) is 2. The molecule has 0 aliphatic heterocycles. The topological polar surface area (TPSA) is 34.2 Å². The van der Waals surface area contributed by atoms with Crippen molar-refractivity contribution in [2.24, 2.45) is 5.92 Å². The van der Waals surface area contributed by atoms with Crippen molar-refractivity contribution in [1.82, 2.24) is 4.98 Å². The highest BCUT2D eigenvalue weighted by atomic mass is 16.5. The lowest BCUT2D eigenvalue weighted by molar-refractivity contribution is 0.298. The number of nitrogens with one attached hydrogen (secondary N) is 1. The summed E-state index contributed by atoms with van der Waals surface area (Å²) >= 11 is 0. The van der Waals surface area contributed by atoms with Crippen molar-refractivity contribution in [3.8, 4) is 23.3 Å². The Kier molecular flexibility index (Phi) is 6.06. The lowest BCUT2D eigenvalue weighted by Gasteiger charge is -2.11. The first kappa shape index (κ1) is 19.7. The van der Waals surface area contributed by atoms with E-state index in [-0.39, 0.29) is 0 Å². The predicted molar refractivity (Wildman–Crippen MR) is 122 cm³/mol. The molecule has 0 saturated carbocycles. The van der Waals surface area contributed by atoms with E-state index < -0.39 is 0 Å². The van der Waals surface area contributed by atoms with Gasteiger partial charge in [-0.15, -0.1) is 0 Å². The molecule has 0 unspecified atom stereocenters. The van der Waals surface area contributed by atoms with E-state index in [0.717, 1.165) is 39.1 Å². The minimum Gasteiger partial charge on any atom is -0.488 e. The zero-order valence-corrected chi connectivity index (χ0v) is 17.3. The van der Waals surface area contributed by atoms with Crippen LogP contribution in [0.1, 0.15) is 30.5 Å². The van der Waals surface area contributed by atoms with Gasteiger partial charge in [0, 0.05) is 17.7 Å². The second-order valence-corrected chi connectivity index (χ2v) is 7.52. The first-order chi connectivity index (χ1) is 14.7. The normalized spacial score (nSPS) is 10.6. The second-order valence-electron chi connectivity index (χ2n) is 7.52. The van der Waals surface area contributed by atoms with Crippen molar-refractivity contribution < 1.29 is 9.47 Å². The monoisotopic (exact) mass is 395 g/mol. The third kappa shape index (κ3) is 4.85. The molecular weight excluding hydrogens is 370 g/mol. The van der Waals surface area contributed by atoms with Crippen molar-refractivity contribution in [2.45, 2.75) is 27.1 Å². The molecule has 0 spiro atoms. The van der Waals surface area contributed by atoms with Crippen LogP contribution in [-0.4, -0.2) is 4.98 Å². The van der Waals surface area contributed by atoms with Crippen LogP contribution in [0, 0.1) is 17.8 Å². The van der Waals surface area contributed by atoms with Crippen molar-refractivity contribution in [1.29, 1.82) is 0 Å². The number of rotatable bonds is 6. The molecule has 0 aliphatic carbocycles. The molecule has 0 radical (unpaired) electrons. The van der Waals surface area contributed by atoms with E-state index in [1.54, 1.807) is 0 Å². The quantitative estimate of drug-likeness (QED) is 0.387. The number of hydrogen-bond acceptors (Lipinski definition) is 2. The SMILES string of the molecule is CC(C)C#Cc1cc(OCc2ccccc2)c2c(OCc3ccccc3)c[nH]c2c1. The lowest BCUT2D eigenvalue weighted by atomic mass is 10.1. The molecule has 0 aliphatic rings. The van der Waals surface area contributed by atoms with Gasteiger partial charge in [0.05, 0.1) is 10.9 Å². The maximum Gasteiger partial charge on any atom is 0.148 e. The molecule has 4 aromatic rings. The van der Waals surface area contributed by atoms with Gasteiger partial charge in [-0.25, -0.2) is 0 Å². The van der Waals surface area contributed by atoms with E-state index in [0.29, 0.717) is 19.1 Å². The molecule has 0 amide bonds. The van der Waals surface area contributed by atoms with Crippen LogP contribution in [0.5, 0.6) is 11.5 Å². The standard InChI is InChI=1S/C27H25NO2/c1-20(2)13-14-23-15-24-27(25(16-23)29-18-21-9-5-3-6-10-21)26(17-28-24)30-19-22-11-7-4-8-12-22/h3-12,15-17,20,28H,18-19H2,1-2H3. The molecule has 0 saturated heterocycles. The van der Waals surface area contributed by atoms with Gasteiger partial charge in [0.15, 0.2) is 0 Å². The van der Waals surface area contributed by atoms with Gasteiger partial charge in [-0.2, -0.15) is 0 Å². The van der Waals surface area contributed by atoms with Crippen LogP contribution in [0.15, 0.2) is 79.0 Å². The van der Waals surface area contributed by atoms with Crippen LogP contribution in [0.25, 0.3) is 10.9 Å². The summed E-state index contributed by atoms with van der Waals surface area (Å²) in [6.45, 7) is 5.16. The van der Waals surface area contributed by atoms with Gasteiger partial charge in [-0.05, 0) is 23.3 Å². The molecule has 0 fully saturated rings. The van der Waals surface area contributed by atoms with Crippen molar-refractivity contribution in [3.63, 3.8) is 0 Å². The summed E-state index contributed by atoms with van der Waals surface area (Å²) in [4.78, 5) is 3.32. The average molecular weight is 396 g/mol. The van der Waals surface area contributed by atoms with Crippen LogP contribution in [0.3, 0.4) is 0 Å². The molecule has 1 N–H and O–H groups in total. The molecule has 150 valence electrons. The van der Waals surface area contributed by atoms with Gasteiger partial charge >= 0.3 is 0 Å². The summed E-state index contributed by atoms with van der Waals surface area (Å²) < 4.78 is 12.4. The van der Waals surface area contributed by atoms with Crippen LogP contribution < -0.4 is 9.47 Å². The largest absolute Gasteiger partial charge is 0.488 e. The Bertz CT molecular complexity index is 1170. The highest BCUT2D eigenvalue weighted by molar-refractivity contribution is 5.93. The highest BCUT2D eigenvalue weighted by Gasteiger charge is 2.13. The van der Waals surface area contributed by atoms with Gasteiger partial charge in [0.2, 0.25) is 0 Å². The zero-order valence-electron chi connectivity index (χ0n) is 17.3. The molecular formula is C27H25NO2. The molecule has 1 aromatic heterocycles. The molecule has 1 heterocycles. The summed E-state index contributed by atoms with van der Waals surface area (Å²) in [5.41, 5.74) is 4.12. The van der Waals surface area contributed by atoms with E-state index in [4.69, 9.17) is 9.47 Å². The molecule has 3 nitrogen and oxygen atoms in total. The summed E-state index contributed by atoms with van der Waals surface area (Å²) in [5.74, 6) is 8.34. The minimum atomic E-state index is 0.308. The van der Waals surface area contributed by atoms with E-state index in [2.05, 4.69) is 61.0 Å². The Morgan fingerprint density at radius 1 is 0.800 bits per heavy atom. The third-order valence-corrected chi connectivity index (χ3v) is 4.69. The fraction of sp³-hybridized carbons (Fsp3) is 0.185. The number of aromatic nitrogens is 1. The highest BCUT2D eigenvalue weighted by Crippen LogP contribution is 2.36. The number of hydrogen-bond donors (Lipinski definition) is 1. The third-order valence-electron chi connectivity index (χ3n) is 4.69. The van der Waals surface area contributed by atoms with Gasteiger partial charge in [0.1, 0.15) is 24.7 Å². The van der Waals surface area contributed by atoms with E-state index >= 15 is 0 Å². The maximum atomic E-state index is 6.24. The molecule has 4 rings (SSSR count). The summed E-state index contributed by atoms with van der Waals surface area (Å²) in [6, 6.07) is 24.4. The number of aromatic amines is 1. The van der Waals surface area contributed by atoms with Crippen LogP contribution in [0.4, 0.5) is 0 Å². The number of benzene rings is 3. The fourth-order valence-corrected chi connectivity index (χ4v) is 3.20. The first-order valence-corrected chi connectivity index (χ1v) is 10.2. The van der Waals surface area contributed by atoms with Crippen LogP contribution in [-0.2, 0) is 13.2 Å². The van der Waals surface area contributed by atoms with Gasteiger partial charge in [-0.3, -0.25) is 0 Å². The average Bonchev–Trinajstić information content (AvgIpc) is 3.19. The number of fused-ring (bicyclic) bond motifs is 1. The Balaban J connectivity index is 1.66. The van der Waals surface area contributed by atoms with Crippen molar-refractivity contribution in [3.05, 3.63) is 95.7 Å². The van der Waals surface area contributed by atoms with Crippen LogP contribution in [0.2, 0.25) is 0 Å². The lowest BCUT2D eigenvalue weighted by Crippen LogP contribution is -1.98. The molecule has 0 atom stereocenters. The Hall–Kier alpha value is -3.64. The predicted octanol–water partition coefficient (Wildman–Crippen LogP) is 6.33. The van der Waals surface area contributed by atoms with E-state index in [1.165, 1.54) is 0 Å². The van der Waals surface area contributed by atoms with E-state index in [1.807, 2.05) is 48.7 Å². The molecule has 30 heavy (non-hydrogen) atoms. The van der Waals surface area contributed by atoms with Crippen molar-refractivity contribution in [2.75, 3.05) is 0 Å². The van der Waals surface area contributed by atoms with Crippen molar-refractivity contribution >= 4 is 10.9 Å². The summed E-state index contributed by atoms with van der Waals surface area (Å²) in [5, 5.41) is 0.942. The number of H-pyrrole nitrogens is 1. The summed E-state index contributed by atoms with van der Waals surface area (Å²) in [6.07, 6.45) is 1.89. The Labute approximate surface area is 177 Å². The molecule has 3 heteroatoms. The summed E-state index contributed by atoms with van der Waals surface area (Å²) in [7, 11) is 0. The minimum absolute atomic E-state index is 0.308. The maximum absolute atomic E-state index is 6.24. The van der Waals surface area contributed by atoms with Gasteiger partial charge in [0.25, 0.3) is 0 Å².